The van der Waals surface area contributed by atoms with Crippen molar-refractivity contribution in [2.24, 2.45) is 5.92 Å². The number of aliphatic carboxylic acids is 2. The molecule has 210 valence electrons. The molecule has 1 atom stereocenters. The Balaban J connectivity index is 0.000000781. The number of benzene rings is 2. The smallest absolute Gasteiger partial charge is 0.313 e. The number of carboxylic acids is 2. The molecule has 0 spiro atoms. The predicted molar refractivity (Wildman–Crippen MR) is 147 cm³/mol. The maximum Gasteiger partial charge on any atom is 0.313 e. The van der Waals surface area contributed by atoms with E-state index in [-0.39, 0.29) is 37.3 Å². The van der Waals surface area contributed by atoms with Gasteiger partial charge in [-0.25, -0.2) is 0 Å². The average Bonchev–Trinajstić information content (AvgIpc) is 2.86. The lowest BCUT2D eigenvalue weighted by Gasteiger charge is -2.32. The van der Waals surface area contributed by atoms with E-state index in [1.165, 1.54) is 5.56 Å². The largest absolute Gasteiger partial charge is 0.481 e. The van der Waals surface area contributed by atoms with Crippen molar-refractivity contribution in [3.63, 3.8) is 0 Å². The molecular weight excluding hydrogens is 486 g/mol. The number of ether oxygens (including phenoxy) is 1. The lowest BCUT2D eigenvalue weighted by Crippen LogP contribution is -2.38. The van der Waals surface area contributed by atoms with Gasteiger partial charge in [0.1, 0.15) is 5.75 Å². The Bertz CT molecular complexity index is 997. The maximum absolute atomic E-state index is 12.3. The molecule has 0 heterocycles. The highest BCUT2D eigenvalue weighted by atomic mass is 16.5. The molecule has 38 heavy (non-hydrogen) atoms. The van der Waals surface area contributed by atoms with Crippen molar-refractivity contribution in [2.75, 3.05) is 6.54 Å². The topological polar surface area (TPSA) is 124 Å². The van der Waals surface area contributed by atoms with E-state index in [0.717, 1.165) is 24.1 Å². The molecule has 0 saturated carbocycles. The lowest BCUT2D eigenvalue weighted by molar-refractivity contribution is -0.143. The molecule has 2 aromatic rings. The quantitative estimate of drug-likeness (QED) is 0.235. The number of hydrogen-bond acceptors (Lipinski definition) is 6. The molecule has 0 aliphatic rings. The summed E-state index contributed by atoms with van der Waals surface area (Å²) in [5.74, 6) is -1.96. The van der Waals surface area contributed by atoms with Crippen LogP contribution >= 0.6 is 0 Å². The van der Waals surface area contributed by atoms with Crippen molar-refractivity contribution in [1.29, 1.82) is 0 Å². The number of rotatable bonds is 13. The Kier molecular flexibility index (Phi) is 14.3. The summed E-state index contributed by atoms with van der Waals surface area (Å²) in [4.78, 5) is 34.1. The van der Waals surface area contributed by atoms with Crippen molar-refractivity contribution >= 4 is 17.9 Å². The Hall–Kier alpha value is -3.23. The van der Waals surface area contributed by atoms with E-state index in [9.17, 15) is 19.5 Å². The second-order valence-corrected chi connectivity index (χ2v) is 10.1. The van der Waals surface area contributed by atoms with Gasteiger partial charge in [-0.2, -0.15) is 0 Å². The van der Waals surface area contributed by atoms with E-state index in [1.54, 1.807) is 0 Å². The number of carbonyl (C=O) groups excluding carboxylic acids is 1. The molecule has 0 bridgehead atoms. The van der Waals surface area contributed by atoms with Gasteiger partial charge in [-0.3, -0.25) is 19.3 Å². The summed E-state index contributed by atoms with van der Waals surface area (Å²) < 4.78 is 5.78. The molecular formula is C30H43NO7. The van der Waals surface area contributed by atoms with Crippen LogP contribution in [0.2, 0.25) is 0 Å². The molecule has 0 amide bonds. The molecule has 2 aromatic carbocycles. The van der Waals surface area contributed by atoms with Crippen LogP contribution in [0.1, 0.15) is 83.4 Å². The Morgan fingerprint density at radius 3 is 1.84 bits per heavy atom. The molecule has 0 saturated heterocycles. The SMILES string of the molecule is CC(C)C(=O)Oc1ccc(CO)cc1[C@H](CCN(C(C)C)C(C)C)c1ccccc1.O=C(O)CCC(=O)O. The molecule has 0 aliphatic heterocycles. The first kappa shape index (κ1) is 32.8. The van der Waals surface area contributed by atoms with Crippen LogP contribution in [0.3, 0.4) is 0 Å². The van der Waals surface area contributed by atoms with Crippen LogP contribution in [-0.2, 0) is 21.0 Å². The van der Waals surface area contributed by atoms with E-state index in [1.807, 2.05) is 50.2 Å². The zero-order valence-corrected chi connectivity index (χ0v) is 23.4. The van der Waals surface area contributed by atoms with Gasteiger partial charge >= 0.3 is 17.9 Å². The zero-order valence-electron chi connectivity index (χ0n) is 23.4. The van der Waals surface area contributed by atoms with Gasteiger partial charge in [0.2, 0.25) is 0 Å². The van der Waals surface area contributed by atoms with Gasteiger partial charge in [0, 0.05) is 23.6 Å². The number of aliphatic hydroxyl groups excluding tert-OH is 1. The van der Waals surface area contributed by atoms with Crippen molar-refractivity contribution in [2.45, 2.75) is 85.4 Å². The summed E-state index contributed by atoms with van der Waals surface area (Å²) in [6.45, 7) is 13.4. The van der Waals surface area contributed by atoms with Crippen LogP contribution in [0.5, 0.6) is 5.75 Å². The van der Waals surface area contributed by atoms with Crippen molar-refractivity contribution in [3.05, 3.63) is 65.2 Å². The van der Waals surface area contributed by atoms with Gasteiger partial charge < -0.3 is 20.1 Å². The molecule has 0 aliphatic carbocycles. The standard InChI is InChI=1S/C26H37NO3.C4H6O4/c1-18(2)26(29)30-25-13-12-21(17-28)16-24(25)23(22-10-8-7-9-11-22)14-15-27(19(3)4)20(5)6;5-3(6)1-2-4(7)8/h7-13,16,18-20,23,28H,14-15,17H2,1-6H3;1-2H2,(H,5,6)(H,7,8)/t23-;/m1./s1. The number of esters is 1. The van der Waals surface area contributed by atoms with Crippen molar-refractivity contribution in [1.82, 2.24) is 4.90 Å². The summed E-state index contributed by atoms with van der Waals surface area (Å²) in [6.07, 6.45) is 0.298. The fourth-order valence-corrected chi connectivity index (χ4v) is 4.08. The van der Waals surface area contributed by atoms with Crippen molar-refractivity contribution in [3.8, 4) is 5.75 Å². The van der Waals surface area contributed by atoms with Crippen LogP contribution in [0.25, 0.3) is 0 Å². The number of hydrogen-bond donors (Lipinski definition) is 3. The Labute approximate surface area is 226 Å². The Morgan fingerprint density at radius 1 is 0.842 bits per heavy atom. The molecule has 8 nitrogen and oxygen atoms in total. The first-order chi connectivity index (χ1) is 17.9. The highest BCUT2D eigenvalue weighted by Crippen LogP contribution is 2.36. The fraction of sp³-hybridized carbons (Fsp3) is 0.500. The van der Waals surface area contributed by atoms with Crippen LogP contribution in [0.4, 0.5) is 0 Å². The highest BCUT2D eigenvalue weighted by Gasteiger charge is 2.24. The van der Waals surface area contributed by atoms with Crippen molar-refractivity contribution < 1.29 is 34.4 Å². The molecule has 0 fully saturated rings. The third-order valence-electron chi connectivity index (χ3n) is 6.07. The van der Waals surface area contributed by atoms with Gasteiger partial charge in [-0.1, -0.05) is 50.2 Å². The molecule has 0 radical (unpaired) electrons. The van der Waals surface area contributed by atoms with E-state index in [0.29, 0.717) is 17.8 Å². The monoisotopic (exact) mass is 529 g/mol. The minimum Gasteiger partial charge on any atom is -0.481 e. The van der Waals surface area contributed by atoms with E-state index in [2.05, 4.69) is 44.7 Å². The highest BCUT2D eigenvalue weighted by molar-refractivity contribution is 5.75. The summed E-state index contributed by atoms with van der Waals surface area (Å²) in [6, 6.07) is 16.9. The summed E-state index contributed by atoms with van der Waals surface area (Å²) in [7, 11) is 0. The number of nitrogens with zero attached hydrogens (tertiary/aromatic N) is 1. The third kappa shape index (κ3) is 11.4. The molecule has 8 heteroatoms. The predicted octanol–water partition coefficient (Wildman–Crippen LogP) is 5.32. The van der Waals surface area contributed by atoms with E-state index >= 15 is 0 Å². The second-order valence-electron chi connectivity index (χ2n) is 10.1. The minimum absolute atomic E-state index is 0.0446. The minimum atomic E-state index is -1.08. The first-order valence-electron chi connectivity index (χ1n) is 13.1. The normalized spacial score (nSPS) is 11.9. The second kappa shape index (κ2) is 16.6. The van der Waals surface area contributed by atoms with Crippen LogP contribution in [0, 0.1) is 5.92 Å². The lowest BCUT2D eigenvalue weighted by atomic mass is 9.86. The van der Waals surface area contributed by atoms with Gasteiger partial charge in [-0.15, -0.1) is 0 Å². The van der Waals surface area contributed by atoms with Gasteiger partial charge in [0.05, 0.1) is 25.4 Å². The average molecular weight is 530 g/mol. The summed E-state index contributed by atoms with van der Waals surface area (Å²) >= 11 is 0. The maximum atomic E-state index is 12.3. The molecule has 3 N–H and O–H groups in total. The first-order valence-corrected chi connectivity index (χ1v) is 13.1. The van der Waals surface area contributed by atoms with E-state index in [4.69, 9.17) is 14.9 Å². The van der Waals surface area contributed by atoms with Gasteiger partial charge in [-0.05, 0) is 63.9 Å². The third-order valence-corrected chi connectivity index (χ3v) is 6.07. The van der Waals surface area contributed by atoms with Gasteiger partial charge in [0.15, 0.2) is 0 Å². The molecule has 2 rings (SSSR count). The van der Waals surface area contributed by atoms with Crippen LogP contribution < -0.4 is 4.74 Å². The van der Waals surface area contributed by atoms with Crippen LogP contribution in [0.15, 0.2) is 48.5 Å². The summed E-state index contributed by atoms with van der Waals surface area (Å²) in [5, 5.41) is 25.5. The van der Waals surface area contributed by atoms with Gasteiger partial charge in [0.25, 0.3) is 0 Å². The number of aliphatic hydroxyl groups is 1. The molecule has 0 aromatic heterocycles. The zero-order chi connectivity index (χ0) is 28.8. The number of carbonyl (C=O) groups is 3. The molecule has 0 unspecified atom stereocenters. The van der Waals surface area contributed by atoms with E-state index < -0.39 is 11.9 Å². The van der Waals surface area contributed by atoms with Crippen LogP contribution in [-0.4, -0.2) is 56.8 Å². The Morgan fingerprint density at radius 2 is 1.39 bits per heavy atom. The summed E-state index contributed by atoms with van der Waals surface area (Å²) in [5.41, 5.74) is 2.95. The fourth-order valence-electron chi connectivity index (χ4n) is 4.08. The number of carboxylic acid groups (broad SMARTS) is 2.